The standard InChI is InChI=1S/C26H24BrN3O2S/c1-15-11-12-20(16(2)13-15)28-24(31)22-23-19-9-4-5-10-21(19)32-26(22,3)30(25(33)29-23)18-8-6-7-17(27)14-18/h4-14,22-23H,1-3H3,(H,28,31)(H,29,33)/t22-,23+,26+/m1/s1. The summed E-state index contributed by atoms with van der Waals surface area (Å²) >= 11 is 9.35. The van der Waals surface area contributed by atoms with Crippen molar-refractivity contribution in [3.05, 3.63) is 87.9 Å². The van der Waals surface area contributed by atoms with Gasteiger partial charge in [0.15, 0.2) is 10.8 Å². The summed E-state index contributed by atoms with van der Waals surface area (Å²) in [7, 11) is 0. The Morgan fingerprint density at radius 3 is 2.67 bits per heavy atom. The predicted molar refractivity (Wildman–Crippen MR) is 139 cm³/mol. The third-order valence-electron chi connectivity index (χ3n) is 6.40. The third kappa shape index (κ3) is 3.69. The van der Waals surface area contributed by atoms with E-state index < -0.39 is 11.6 Å². The fraction of sp³-hybridized carbons (Fsp3) is 0.231. The number of rotatable bonds is 3. The molecule has 1 fully saturated rings. The van der Waals surface area contributed by atoms with Gasteiger partial charge in [-0.15, -0.1) is 0 Å². The summed E-state index contributed by atoms with van der Waals surface area (Å²) in [5.74, 6) is 0.0494. The van der Waals surface area contributed by atoms with Gasteiger partial charge < -0.3 is 15.4 Å². The smallest absolute Gasteiger partial charge is 0.236 e. The highest BCUT2D eigenvalue weighted by molar-refractivity contribution is 9.10. The molecule has 5 rings (SSSR count). The van der Waals surface area contributed by atoms with E-state index in [1.165, 1.54) is 0 Å². The maximum atomic E-state index is 13.9. The minimum atomic E-state index is -1.04. The van der Waals surface area contributed by atoms with Crippen LogP contribution in [0.5, 0.6) is 5.75 Å². The van der Waals surface area contributed by atoms with Gasteiger partial charge in [0.1, 0.15) is 11.7 Å². The molecule has 0 saturated carbocycles. The maximum Gasteiger partial charge on any atom is 0.236 e. The first-order valence-corrected chi connectivity index (χ1v) is 12.0. The molecular formula is C26H24BrN3O2S. The van der Waals surface area contributed by atoms with Crippen LogP contribution in [0.25, 0.3) is 0 Å². The van der Waals surface area contributed by atoms with Gasteiger partial charge in [-0.05, 0) is 68.9 Å². The Kier molecular flexibility index (Phi) is 5.41. The van der Waals surface area contributed by atoms with Gasteiger partial charge >= 0.3 is 0 Å². The normalized spacial score (nSPS) is 23.3. The summed E-state index contributed by atoms with van der Waals surface area (Å²) in [6.45, 7) is 5.98. The number of ether oxygens (including phenoxy) is 1. The molecule has 7 heteroatoms. The van der Waals surface area contributed by atoms with Crippen LogP contribution in [0.3, 0.4) is 0 Å². The first-order chi connectivity index (χ1) is 15.8. The molecule has 3 aromatic rings. The zero-order valence-electron chi connectivity index (χ0n) is 18.6. The molecule has 5 nitrogen and oxygen atoms in total. The summed E-state index contributed by atoms with van der Waals surface area (Å²) in [4.78, 5) is 15.8. The summed E-state index contributed by atoms with van der Waals surface area (Å²) in [6.07, 6.45) is 0. The monoisotopic (exact) mass is 521 g/mol. The van der Waals surface area contributed by atoms with E-state index in [2.05, 4.69) is 32.6 Å². The number of nitrogens with zero attached hydrogens (tertiary/aromatic N) is 1. The molecule has 2 bridgehead atoms. The number of nitrogens with one attached hydrogen (secondary N) is 2. The Hall–Kier alpha value is -2.90. The molecule has 2 N–H and O–H groups in total. The molecule has 1 saturated heterocycles. The second kappa shape index (κ2) is 8.15. The fourth-order valence-electron chi connectivity index (χ4n) is 4.90. The molecule has 0 aromatic heterocycles. The van der Waals surface area contributed by atoms with Gasteiger partial charge in [0, 0.05) is 21.4 Å². The van der Waals surface area contributed by atoms with E-state index in [1.807, 2.05) is 86.3 Å². The molecule has 0 radical (unpaired) electrons. The van der Waals surface area contributed by atoms with Crippen LogP contribution in [0.2, 0.25) is 0 Å². The van der Waals surface area contributed by atoms with Gasteiger partial charge in [-0.25, -0.2) is 0 Å². The highest BCUT2D eigenvalue weighted by Crippen LogP contribution is 2.49. The van der Waals surface area contributed by atoms with Crippen molar-refractivity contribution in [3.8, 4) is 5.75 Å². The van der Waals surface area contributed by atoms with E-state index in [9.17, 15) is 4.79 Å². The van der Waals surface area contributed by atoms with E-state index in [4.69, 9.17) is 17.0 Å². The number of carbonyl (C=O) groups excluding carboxylic acids is 1. The average Bonchev–Trinajstić information content (AvgIpc) is 2.75. The highest BCUT2D eigenvalue weighted by Gasteiger charge is 2.59. The largest absolute Gasteiger partial charge is 0.467 e. The van der Waals surface area contributed by atoms with Crippen LogP contribution in [-0.4, -0.2) is 16.7 Å². The van der Waals surface area contributed by atoms with Gasteiger partial charge in [0.05, 0.1) is 6.04 Å². The molecule has 0 spiro atoms. The molecule has 2 heterocycles. The quantitative estimate of drug-likeness (QED) is 0.422. The van der Waals surface area contributed by atoms with Crippen molar-refractivity contribution in [2.45, 2.75) is 32.5 Å². The number of aryl methyl sites for hydroxylation is 2. The van der Waals surface area contributed by atoms with Gasteiger partial charge in [-0.3, -0.25) is 9.69 Å². The summed E-state index contributed by atoms with van der Waals surface area (Å²) < 4.78 is 7.53. The zero-order chi connectivity index (χ0) is 23.3. The van der Waals surface area contributed by atoms with E-state index in [1.54, 1.807) is 0 Å². The number of benzene rings is 3. The number of hydrogen-bond donors (Lipinski definition) is 2. The number of fused-ring (bicyclic) bond motifs is 4. The van der Waals surface area contributed by atoms with Gasteiger partial charge in [0.2, 0.25) is 5.91 Å². The number of amides is 1. The highest BCUT2D eigenvalue weighted by atomic mass is 79.9. The fourth-order valence-corrected chi connectivity index (χ4v) is 5.70. The Labute approximate surface area is 207 Å². The van der Waals surface area contributed by atoms with Crippen LogP contribution in [0.4, 0.5) is 11.4 Å². The Bertz CT molecular complexity index is 1280. The molecule has 2 aliphatic rings. The molecule has 0 aliphatic carbocycles. The SMILES string of the molecule is Cc1ccc(NC(=O)[C@H]2[C@H]3NC(=S)N(c4cccc(Br)c4)[C@@]2(C)Oc2ccccc23)c(C)c1. The zero-order valence-corrected chi connectivity index (χ0v) is 21.0. The second-order valence-electron chi connectivity index (χ2n) is 8.72. The van der Waals surface area contributed by atoms with Crippen molar-refractivity contribution in [3.63, 3.8) is 0 Å². The van der Waals surface area contributed by atoms with Gasteiger partial charge in [0.25, 0.3) is 0 Å². The minimum absolute atomic E-state index is 0.126. The minimum Gasteiger partial charge on any atom is -0.467 e. The van der Waals surface area contributed by atoms with Crippen molar-refractivity contribution >= 4 is 50.5 Å². The maximum absolute atomic E-state index is 13.9. The lowest BCUT2D eigenvalue weighted by molar-refractivity contribution is -0.130. The van der Waals surface area contributed by atoms with Crippen molar-refractivity contribution in [2.75, 3.05) is 10.2 Å². The van der Waals surface area contributed by atoms with E-state index in [0.717, 1.165) is 38.3 Å². The molecule has 1 amide bonds. The van der Waals surface area contributed by atoms with Crippen LogP contribution >= 0.6 is 28.1 Å². The first-order valence-electron chi connectivity index (χ1n) is 10.8. The van der Waals surface area contributed by atoms with Crippen LogP contribution in [-0.2, 0) is 4.79 Å². The lowest BCUT2D eigenvalue weighted by atomic mass is 9.78. The second-order valence-corrected chi connectivity index (χ2v) is 10.0. The summed E-state index contributed by atoms with van der Waals surface area (Å²) in [5, 5.41) is 7.11. The van der Waals surface area contributed by atoms with Crippen molar-refractivity contribution in [1.29, 1.82) is 0 Å². The molecule has 3 aromatic carbocycles. The third-order valence-corrected chi connectivity index (χ3v) is 7.19. The molecule has 2 aliphatic heterocycles. The van der Waals surface area contributed by atoms with Crippen LogP contribution in [0.15, 0.2) is 71.2 Å². The van der Waals surface area contributed by atoms with E-state index in [-0.39, 0.29) is 11.9 Å². The number of para-hydroxylation sites is 1. The van der Waals surface area contributed by atoms with Gasteiger partial charge in [-0.1, -0.05) is 57.9 Å². The average molecular weight is 522 g/mol. The predicted octanol–water partition coefficient (Wildman–Crippen LogP) is 5.87. The molecule has 168 valence electrons. The Morgan fingerprint density at radius 2 is 1.91 bits per heavy atom. The van der Waals surface area contributed by atoms with Crippen LogP contribution in [0.1, 0.15) is 29.7 Å². The van der Waals surface area contributed by atoms with Crippen molar-refractivity contribution in [2.24, 2.45) is 5.92 Å². The van der Waals surface area contributed by atoms with Crippen molar-refractivity contribution in [1.82, 2.24) is 5.32 Å². The van der Waals surface area contributed by atoms with E-state index >= 15 is 0 Å². The lowest BCUT2D eigenvalue weighted by Crippen LogP contribution is -2.72. The lowest BCUT2D eigenvalue weighted by Gasteiger charge is -2.56. The van der Waals surface area contributed by atoms with Crippen molar-refractivity contribution < 1.29 is 9.53 Å². The Balaban J connectivity index is 1.62. The molecular weight excluding hydrogens is 498 g/mol. The number of anilines is 2. The molecule has 33 heavy (non-hydrogen) atoms. The van der Waals surface area contributed by atoms with Crippen LogP contribution in [0, 0.1) is 19.8 Å². The molecule has 0 unspecified atom stereocenters. The van der Waals surface area contributed by atoms with E-state index in [0.29, 0.717) is 5.11 Å². The molecule has 3 atom stereocenters. The number of carbonyl (C=O) groups is 1. The number of halogens is 1. The summed E-state index contributed by atoms with van der Waals surface area (Å²) in [6, 6.07) is 21.3. The first kappa shape index (κ1) is 21.9. The number of thiocarbonyl (C=S) groups is 1. The van der Waals surface area contributed by atoms with Gasteiger partial charge in [-0.2, -0.15) is 0 Å². The Morgan fingerprint density at radius 1 is 1.12 bits per heavy atom. The van der Waals surface area contributed by atoms with Crippen LogP contribution < -0.4 is 20.3 Å². The topological polar surface area (TPSA) is 53.6 Å². The summed E-state index contributed by atoms with van der Waals surface area (Å²) in [5.41, 5.74) is 3.69. The number of hydrogen-bond acceptors (Lipinski definition) is 3.